The van der Waals surface area contributed by atoms with E-state index in [2.05, 4.69) is 10.6 Å². The minimum atomic E-state index is -0.639. The van der Waals surface area contributed by atoms with Gasteiger partial charge in [0.25, 0.3) is 0 Å². The number of aryl methyl sites for hydroxylation is 1. The number of hydrogen-bond donors (Lipinski definition) is 3. The summed E-state index contributed by atoms with van der Waals surface area (Å²) >= 11 is 1.48. The molecule has 0 saturated carbocycles. The first-order valence-electron chi connectivity index (χ1n) is 7.07. The Balaban J connectivity index is 2.06. The van der Waals surface area contributed by atoms with E-state index in [4.69, 9.17) is 5.73 Å². The molecule has 1 aromatic heterocycles. The molecule has 0 aliphatic heterocycles. The van der Waals surface area contributed by atoms with Gasteiger partial charge < -0.3 is 16.4 Å². The Morgan fingerprint density at radius 3 is 2.64 bits per heavy atom. The van der Waals surface area contributed by atoms with Crippen molar-refractivity contribution >= 4 is 29.0 Å². The molecule has 3 amide bonds. The van der Waals surface area contributed by atoms with E-state index in [9.17, 15) is 9.59 Å². The van der Waals surface area contributed by atoms with Crippen LogP contribution in [0.25, 0.3) is 0 Å². The van der Waals surface area contributed by atoms with Crippen LogP contribution in [0.3, 0.4) is 0 Å². The molecule has 6 heteroatoms. The molecule has 116 valence electrons. The van der Waals surface area contributed by atoms with Gasteiger partial charge in [0.2, 0.25) is 5.91 Å². The molecule has 1 aromatic carbocycles. The van der Waals surface area contributed by atoms with Crippen LogP contribution in [-0.2, 0) is 11.2 Å². The van der Waals surface area contributed by atoms with Crippen molar-refractivity contribution in [3.05, 3.63) is 52.2 Å². The lowest BCUT2D eigenvalue weighted by Gasteiger charge is -2.16. The molecule has 0 radical (unpaired) electrons. The number of primary amides is 1. The zero-order valence-corrected chi connectivity index (χ0v) is 13.2. The zero-order valence-electron chi connectivity index (χ0n) is 12.3. The molecule has 22 heavy (non-hydrogen) atoms. The van der Waals surface area contributed by atoms with E-state index in [0.29, 0.717) is 0 Å². The predicted octanol–water partition coefficient (Wildman–Crippen LogP) is 3.05. The van der Waals surface area contributed by atoms with Crippen molar-refractivity contribution < 1.29 is 9.59 Å². The van der Waals surface area contributed by atoms with Crippen LogP contribution in [0, 0.1) is 0 Å². The highest BCUT2D eigenvalue weighted by Crippen LogP contribution is 2.23. The third kappa shape index (κ3) is 4.33. The fourth-order valence-electron chi connectivity index (χ4n) is 2.22. The Morgan fingerprint density at radius 2 is 2.00 bits per heavy atom. The van der Waals surface area contributed by atoms with E-state index < -0.39 is 12.1 Å². The van der Waals surface area contributed by atoms with E-state index in [0.717, 1.165) is 22.5 Å². The van der Waals surface area contributed by atoms with E-state index in [1.165, 1.54) is 11.3 Å². The first kappa shape index (κ1) is 16.0. The van der Waals surface area contributed by atoms with Crippen molar-refractivity contribution in [3.8, 4) is 0 Å². The molecule has 1 unspecified atom stereocenters. The smallest absolute Gasteiger partial charge is 0.312 e. The Hall–Kier alpha value is -2.34. The van der Waals surface area contributed by atoms with Gasteiger partial charge >= 0.3 is 6.03 Å². The number of anilines is 1. The first-order chi connectivity index (χ1) is 10.6. The molecule has 1 atom stereocenters. The number of para-hydroxylation sites is 1. The summed E-state index contributed by atoms with van der Waals surface area (Å²) in [7, 11) is 0. The maximum Gasteiger partial charge on any atom is 0.312 e. The van der Waals surface area contributed by atoms with Gasteiger partial charge in [-0.2, -0.15) is 0 Å². The van der Waals surface area contributed by atoms with Crippen molar-refractivity contribution in [1.82, 2.24) is 5.32 Å². The highest BCUT2D eigenvalue weighted by atomic mass is 32.1. The Morgan fingerprint density at radius 1 is 1.23 bits per heavy atom. The molecule has 0 spiro atoms. The molecule has 5 nitrogen and oxygen atoms in total. The lowest BCUT2D eigenvalue weighted by Crippen LogP contribution is -2.34. The van der Waals surface area contributed by atoms with Gasteiger partial charge in [-0.3, -0.25) is 4.79 Å². The van der Waals surface area contributed by atoms with Gasteiger partial charge in [0, 0.05) is 10.6 Å². The predicted molar refractivity (Wildman–Crippen MR) is 88.8 cm³/mol. The number of rotatable bonds is 6. The van der Waals surface area contributed by atoms with Crippen LogP contribution in [0.1, 0.15) is 29.8 Å². The second-order valence-electron chi connectivity index (χ2n) is 4.84. The summed E-state index contributed by atoms with van der Waals surface area (Å²) in [5.41, 5.74) is 7.08. The molecule has 0 bridgehead atoms. The molecule has 1 heterocycles. The van der Waals surface area contributed by atoms with Gasteiger partial charge in [-0.25, -0.2) is 4.79 Å². The van der Waals surface area contributed by atoms with Crippen LogP contribution in [0.15, 0.2) is 41.8 Å². The number of nitrogens with two attached hydrogens (primary N) is 1. The minimum Gasteiger partial charge on any atom is -0.352 e. The van der Waals surface area contributed by atoms with E-state index in [1.807, 2.05) is 48.7 Å². The SMILES string of the molecule is CCc1ccccc1NC(=O)CC(NC(N)=O)c1cccs1. The number of carbonyl (C=O) groups excluding carboxylic acids is 2. The average Bonchev–Trinajstić information content (AvgIpc) is 3.01. The normalized spacial score (nSPS) is 11.7. The van der Waals surface area contributed by atoms with Crippen LogP contribution >= 0.6 is 11.3 Å². The van der Waals surface area contributed by atoms with Crippen molar-refractivity contribution in [2.75, 3.05) is 5.32 Å². The lowest BCUT2D eigenvalue weighted by atomic mass is 10.1. The standard InChI is InChI=1S/C16H19N3O2S/c1-2-11-6-3-4-7-12(11)18-15(20)10-13(19-16(17)21)14-8-5-9-22-14/h3-9,13H,2,10H2,1H3,(H,18,20)(H3,17,19,21). The molecule has 0 saturated heterocycles. The second kappa shape index (κ2) is 7.61. The third-order valence-electron chi connectivity index (χ3n) is 3.26. The molecule has 0 fully saturated rings. The number of thiophene rings is 1. The quantitative estimate of drug-likeness (QED) is 0.765. The Bertz CT molecular complexity index is 641. The second-order valence-corrected chi connectivity index (χ2v) is 5.82. The summed E-state index contributed by atoms with van der Waals surface area (Å²) in [6.45, 7) is 2.04. The van der Waals surface area contributed by atoms with Crippen molar-refractivity contribution in [1.29, 1.82) is 0 Å². The highest BCUT2D eigenvalue weighted by Gasteiger charge is 2.18. The van der Waals surface area contributed by atoms with Crippen molar-refractivity contribution in [2.24, 2.45) is 5.73 Å². The largest absolute Gasteiger partial charge is 0.352 e. The zero-order chi connectivity index (χ0) is 15.9. The van der Waals surface area contributed by atoms with Crippen LogP contribution in [0.2, 0.25) is 0 Å². The molecule has 0 aliphatic rings. The van der Waals surface area contributed by atoms with Gasteiger partial charge in [-0.1, -0.05) is 31.2 Å². The summed E-state index contributed by atoms with van der Waals surface area (Å²) in [5.74, 6) is -0.159. The van der Waals surface area contributed by atoms with E-state index in [1.54, 1.807) is 0 Å². The Kier molecular flexibility index (Phi) is 5.55. The van der Waals surface area contributed by atoms with Crippen LogP contribution in [0.5, 0.6) is 0 Å². The fraction of sp³-hybridized carbons (Fsp3) is 0.250. The van der Waals surface area contributed by atoms with Gasteiger partial charge in [0.15, 0.2) is 0 Å². The van der Waals surface area contributed by atoms with Gasteiger partial charge in [0.05, 0.1) is 12.5 Å². The molecular formula is C16H19N3O2S. The monoisotopic (exact) mass is 317 g/mol. The summed E-state index contributed by atoms with van der Waals surface area (Å²) in [6, 6.07) is 10.4. The minimum absolute atomic E-state index is 0.140. The molecule has 2 aromatic rings. The number of carbonyl (C=O) groups is 2. The van der Waals surface area contributed by atoms with Crippen molar-refractivity contribution in [3.63, 3.8) is 0 Å². The molecule has 2 rings (SSSR count). The summed E-state index contributed by atoms with van der Waals surface area (Å²) in [4.78, 5) is 24.3. The van der Waals surface area contributed by atoms with E-state index in [-0.39, 0.29) is 12.3 Å². The summed E-state index contributed by atoms with van der Waals surface area (Å²) < 4.78 is 0. The van der Waals surface area contributed by atoms with Crippen LogP contribution in [-0.4, -0.2) is 11.9 Å². The van der Waals surface area contributed by atoms with Crippen LogP contribution in [0.4, 0.5) is 10.5 Å². The van der Waals surface area contributed by atoms with Gasteiger partial charge in [-0.05, 0) is 29.5 Å². The summed E-state index contributed by atoms with van der Waals surface area (Å²) in [5, 5.41) is 7.41. The Labute approximate surface area is 133 Å². The molecule has 4 N–H and O–H groups in total. The summed E-state index contributed by atoms with van der Waals surface area (Å²) in [6.07, 6.45) is 0.978. The first-order valence-corrected chi connectivity index (χ1v) is 7.95. The number of benzene rings is 1. The number of amides is 3. The van der Waals surface area contributed by atoms with Crippen molar-refractivity contribution in [2.45, 2.75) is 25.8 Å². The number of hydrogen-bond acceptors (Lipinski definition) is 3. The van der Waals surface area contributed by atoms with Crippen LogP contribution < -0.4 is 16.4 Å². The highest BCUT2D eigenvalue weighted by molar-refractivity contribution is 7.10. The number of urea groups is 1. The molecule has 0 aliphatic carbocycles. The molecular weight excluding hydrogens is 298 g/mol. The van der Waals surface area contributed by atoms with Gasteiger partial charge in [0.1, 0.15) is 0 Å². The maximum atomic E-state index is 12.3. The fourth-order valence-corrected chi connectivity index (χ4v) is 3.00. The maximum absolute atomic E-state index is 12.3. The lowest BCUT2D eigenvalue weighted by molar-refractivity contribution is -0.116. The average molecular weight is 317 g/mol. The topological polar surface area (TPSA) is 84.2 Å². The van der Waals surface area contributed by atoms with Gasteiger partial charge in [-0.15, -0.1) is 11.3 Å². The third-order valence-corrected chi connectivity index (χ3v) is 4.25. The van der Waals surface area contributed by atoms with E-state index >= 15 is 0 Å². The number of nitrogens with one attached hydrogen (secondary N) is 2.